The zero-order valence-electron chi connectivity index (χ0n) is 5.94. The second-order valence-electron chi connectivity index (χ2n) is 1.59. The molecular formula is C7H6Cl2O2S. The number of halogens is 2. The summed E-state index contributed by atoms with van der Waals surface area (Å²) < 4.78 is 4.53. The van der Waals surface area contributed by atoms with E-state index in [1.165, 1.54) is 0 Å². The van der Waals surface area contributed by atoms with Crippen molar-refractivity contribution in [3.8, 4) is 5.75 Å². The standard InChI is InChI=1S/C7H6O2.Cl2S/c8-6-9-7-4-2-1-3-5-7;1-3-2/h1-6H;. The van der Waals surface area contributed by atoms with Crippen LogP contribution in [0.25, 0.3) is 0 Å². The van der Waals surface area contributed by atoms with Gasteiger partial charge in [0.05, 0.1) is 10.2 Å². The molecule has 0 heterocycles. The van der Waals surface area contributed by atoms with E-state index in [9.17, 15) is 4.79 Å². The average Bonchev–Trinajstić information content (AvgIpc) is 2.08. The topological polar surface area (TPSA) is 26.3 Å². The Morgan fingerprint density at radius 1 is 1.25 bits per heavy atom. The van der Waals surface area contributed by atoms with Gasteiger partial charge in [-0.15, -0.1) is 0 Å². The van der Waals surface area contributed by atoms with Crippen LogP contribution >= 0.6 is 31.6 Å². The highest BCUT2D eigenvalue weighted by Gasteiger charge is 1.84. The summed E-state index contributed by atoms with van der Waals surface area (Å²) in [5.74, 6) is 0.576. The van der Waals surface area contributed by atoms with Crippen molar-refractivity contribution in [2.24, 2.45) is 0 Å². The van der Waals surface area contributed by atoms with Crippen molar-refractivity contribution in [1.29, 1.82) is 0 Å². The Morgan fingerprint density at radius 2 is 1.75 bits per heavy atom. The van der Waals surface area contributed by atoms with Gasteiger partial charge in [-0.3, -0.25) is 4.79 Å². The summed E-state index contributed by atoms with van der Waals surface area (Å²) in [6.07, 6.45) is 0. The first kappa shape index (κ1) is 11.6. The first-order chi connectivity index (χ1) is 5.85. The Labute approximate surface area is 83.8 Å². The lowest BCUT2D eigenvalue weighted by Gasteiger charge is -1.92. The fourth-order valence-electron chi connectivity index (χ4n) is 0.555. The molecule has 0 fully saturated rings. The SMILES string of the molecule is ClSCl.O=COc1ccccc1. The van der Waals surface area contributed by atoms with Crippen LogP contribution in [-0.2, 0) is 4.79 Å². The molecule has 1 aromatic rings. The van der Waals surface area contributed by atoms with Crippen molar-refractivity contribution >= 4 is 38.0 Å². The van der Waals surface area contributed by atoms with Gasteiger partial charge in [0.1, 0.15) is 5.75 Å². The van der Waals surface area contributed by atoms with Gasteiger partial charge in [0.2, 0.25) is 0 Å². The summed E-state index contributed by atoms with van der Waals surface area (Å²) in [6, 6.07) is 8.90. The molecule has 0 radical (unpaired) electrons. The lowest BCUT2D eigenvalue weighted by Crippen LogP contribution is -1.85. The monoisotopic (exact) mass is 224 g/mol. The first-order valence-corrected chi connectivity index (χ1v) is 5.36. The maximum atomic E-state index is 9.75. The highest BCUT2D eigenvalue weighted by molar-refractivity contribution is 8.38. The van der Waals surface area contributed by atoms with E-state index in [1.54, 1.807) is 24.3 Å². The third kappa shape index (κ3) is 6.34. The summed E-state index contributed by atoms with van der Waals surface area (Å²) in [5, 5.41) is 0. The predicted molar refractivity (Wildman–Crippen MR) is 52.4 cm³/mol. The van der Waals surface area contributed by atoms with E-state index in [-0.39, 0.29) is 0 Å². The molecule has 0 atom stereocenters. The number of carbonyl (C=O) groups is 1. The minimum atomic E-state index is 0.412. The number of rotatable bonds is 2. The largest absolute Gasteiger partial charge is 0.429 e. The van der Waals surface area contributed by atoms with Crippen molar-refractivity contribution in [2.45, 2.75) is 0 Å². The van der Waals surface area contributed by atoms with Gasteiger partial charge in [0.25, 0.3) is 6.47 Å². The first-order valence-electron chi connectivity index (χ1n) is 2.89. The predicted octanol–water partition coefficient (Wildman–Crippen LogP) is 3.25. The maximum Gasteiger partial charge on any atom is 0.298 e. The molecule has 0 unspecified atom stereocenters. The van der Waals surface area contributed by atoms with Crippen LogP contribution in [0.1, 0.15) is 0 Å². The van der Waals surface area contributed by atoms with Crippen molar-refractivity contribution in [2.75, 3.05) is 0 Å². The van der Waals surface area contributed by atoms with Gasteiger partial charge in [-0.1, -0.05) is 18.2 Å². The third-order valence-corrected chi connectivity index (χ3v) is 0.927. The van der Waals surface area contributed by atoms with Gasteiger partial charge in [-0.05, 0) is 33.5 Å². The molecular weight excluding hydrogens is 219 g/mol. The van der Waals surface area contributed by atoms with E-state index in [1.807, 2.05) is 6.07 Å². The fourth-order valence-corrected chi connectivity index (χ4v) is 0.555. The van der Waals surface area contributed by atoms with Crippen LogP contribution in [0.5, 0.6) is 5.75 Å². The second kappa shape index (κ2) is 8.71. The molecule has 66 valence electrons. The van der Waals surface area contributed by atoms with Crippen LogP contribution in [0.2, 0.25) is 0 Å². The molecule has 0 bridgehead atoms. The highest BCUT2D eigenvalue weighted by Crippen LogP contribution is 2.08. The Bertz CT molecular complexity index is 206. The normalized spacial score (nSPS) is 7.83. The molecule has 0 saturated heterocycles. The summed E-state index contributed by atoms with van der Waals surface area (Å²) in [4.78, 5) is 9.75. The van der Waals surface area contributed by atoms with Crippen molar-refractivity contribution < 1.29 is 9.53 Å². The number of hydrogen-bond acceptors (Lipinski definition) is 3. The average molecular weight is 225 g/mol. The van der Waals surface area contributed by atoms with Crippen LogP contribution in [0.4, 0.5) is 0 Å². The van der Waals surface area contributed by atoms with Crippen LogP contribution in [0.15, 0.2) is 30.3 Å². The van der Waals surface area contributed by atoms with E-state index in [2.05, 4.69) is 26.1 Å². The number of para-hydroxylation sites is 1. The fraction of sp³-hybridized carbons (Fsp3) is 0. The molecule has 0 N–H and O–H groups in total. The lowest BCUT2D eigenvalue weighted by molar-refractivity contribution is -0.120. The van der Waals surface area contributed by atoms with E-state index in [0.29, 0.717) is 22.4 Å². The Balaban J connectivity index is 0.000000354. The zero-order valence-corrected chi connectivity index (χ0v) is 8.27. The van der Waals surface area contributed by atoms with Crippen molar-refractivity contribution in [3.63, 3.8) is 0 Å². The van der Waals surface area contributed by atoms with Crippen molar-refractivity contribution in [3.05, 3.63) is 30.3 Å². The minimum absolute atomic E-state index is 0.412. The molecule has 0 aliphatic rings. The van der Waals surface area contributed by atoms with Gasteiger partial charge in [-0.2, -0.15) is 0 Å². The van der Waals surface area contributed by atoms with Crippen LogP contribution in [-0.4, -0.2) is 6.47 Å². The quantitative estimate of drug-likeness (QED) is 0.722. The molecule has 0 aliphatic carbocycles. The smallest absolute Gasteiger partial charge is 0.298 e. The summed E-state index contributed by atoms with van der Waals surface area (Å²) in [7, 11) is 10.1. The summed E-state index contributed by atoms with van der Waals surface area (Å²) in [5.41, 5.74) is 0. The molecule has 12 heavy (non-hydrogen) atoms. The van der Waals surface area contributed by atoms with E-state index in [0.717, 1.165) is 0 Å². The molecule has 0 aromatic heterocycles. The van der Waals surface area contributed by atoms with Gasteiger partial charge in [0.15, 0.2) is 0 Å². The molecule has 2 nitrogen and oxygen atoms in total. The van der Waals surface area contributed by atoms with E-state index >= 15 is 0 Å². The molecule has 0 spiro atoms. The van der Waals surface area contributed by atoms with Gasteiger partial charge >= 0.3 is 0 Å². The van der Waals surface area contributed by atoms with Crippen molar-refractivity contribution in [1.82, 2.24) is 0 Å². The number of ether oxygens (including phenoxy) is 1. The van der Waals surface area contributed by atoms with Gasteiger partial charge in [0, 0.05) is 0 Å². The number of hydrogen-bond donors (Lipinski definition) is 0. The molecule has 0 saturated carbocycles. The molecule has 5 heteroatoms. The zero-order chi connectivity index (χ0) is 9.23. The molecule has 0 aliphatic heterocycles. The Morgan fingerprint density at radius 3 is 2.17 bits per heavy atom. The Kier molecular flexibility index (Phi) is 8.44. The molecule has 1 rings (SSSR count). The number of carbonyl (C=O) groups excluding carboxylic acids is 1. The lowest BCUT2D eigenvalue weighted by atomic mass is 10.3. The highest BCUT2D eigenvalue weighted by atomic mass is 36.0. The van der Waals surface area contributed by atoms with Gasteiger partial charge < -0.3 is 4.74 Å². The third-order valence-electron chi connectivity index (χ3n) is 0.927. The van der Waals surface area contributed by atoms with Crippen LogP contribution < -0.4 is 4.74 Å². The van der Waals surface area contributed by atoms with Crippen LogP contribution in [0, 0.1) is 0 Å². The second-order valence-corrected chi connectivity index (χ2v) is 3.10. The van der Waals surface area contributed by atoms with E-state index < -0.39 is 0 Å². The maximum absolute atomic E-state index is 9.75. The van der Waals surface area contributed by atoms with Crippen LogP contribution in [0.3, 0.4) is 0 Å². The van der Waals surface area contributed by atoms with E-state index in [4.69, 9.17) is 0 Å². The number of benzene rings is 1. The van der Waals surface area contributed by atoms with Gasteiger partial charge in [-0.25, -0.2) is 0 Å². The summed E-state index contributed by atoms with van der Waals surface area (Å²) in [6.45, 7) is 0.412. The summed E-state index contributed by atoms with van der Waals surface area (Å²) >= 11 is 0. The Hall–Kier alpha value is -0.380. The molecule has 1 aromatic carbocycles. The molecule has 0 amide bonds. The minimum Gasteiger partial charge on any atom is -0.429 e.